The minimum Gasteiger partial charge on any atom is -0.373 e. The molecule has 0 radical (unpaired) electrons. The van der Waals surface area contributed by atoms with E-state index in [1.165, 1.54) is 17.5 Å². The van der Waals surface area contributed by atoms with Gasteiger partial charge in [0.15, 0.2) is 0 Å². The van der Waals surface area contributed by atoms with Crippen LogP contribution in [0.5, 0.6) is 0 Å². The Morgan fingerprint density at radius 1 is 1.53 bits per heavy atom. The fourth-order valence-corrected chi connectivity index (χ4v) is 2.36. The third-order valence-corrected chi connectivity index (χ3v) is 3.39. The van der Waals surface area contributed by atoms with Crippen LogP contribution in [0.2, 0.25) is 0 Å². The molecule has 1 fully saturated rings. The van der Waals surface area contributed by atoms with Gasteiger partial charge in [-0.3, -0.25) is 4.98 Å². The van der Waals surface area contributed by atoms with Crippen molar-refractivity contribution in [3.05, 3.63) is 29.6 Å². The molecule has 1 N–H and O–H groups in total. The number of hydrogen-bond acceptors (Lipinski definition) is 3. The first kappa shape index (κ1) is 12.5. The van der Waals surface area contributed by atoms with Crippen molar-refractivity contribution in [1.29, 1.82) is 0 Å². The van der Waals surface area contributed by atoms with Crippen molar-refractivity contribution in [3.63, 3.8) is 0 Å². The van der Waals surface area contributed by atoms with E-state index in [0.29, 0.717) is 6.04 Å². The van der Waals surface area contributed by atoms with Gasteiger partial charge in [0.25, 0.3) is 0 Å². The molecule has 0 aromatic carbocycles. The Morgan fingerprint density at radius 3 is 3.18 bits per heavy atom. The first-order valence-corrected chi connectivity index (χ1v) is 6.56. The van der Waals surface area contributed by atoms with E-state index in [1.807, 2.05) is 12.4 Å². The molecule has 3 heteroatoms. The molecule has 2 unspecified atom stereocenters. The van der Waals surface area contributed by atoms with Crippen LogP contribution in [0.15, 0.2) is 18.5 Å². The van der Waals surface area contributed by atoms with Gasteiger partial charge < -0.3 is 10.1 Å². The molecule has 3 nitrogen and oxygen atoms in total. The molecule has 0 spiro atoms. The summed E-state index contributed by atoms with van der Waals surface area (Å²) >= 11 is 0. The highest BCUT2D eigenvalue weighted by Crippen LogP contribution is 2.29. The van der Waals surface area contributed by atoms with E-state index in [0.717, 1.165) is 26.0 Å². The van der Waals surface area contributed by atoms with Crippen molar-refractivity contribution in [1.82, 2.24) is 10.3 Å². The third kappa shape index (κ3) is 3.27. The molecule has 0 saturated carbocycles. The Hall–Kier alpha value is -0.930. The van der Waals surface area contributed by atoms with Gasteiger partial charge in [-0.2, -0.15) is 0 Å². The lowest BCUT2D eigenvalue weighted by Crippen LogP contribution is -2.36. The van der Waals surface area contributed by atoms with Crippen LogP contribution in [-0.2, 0) is 4.74 Å². The molecule has 2 heterocycles. The van der Waals surface area contributed by atoms with Crippen LogP contribution >= 0.6 is 0 Å². The van der Waals surface area contributed by atoms with Crippen LogP contribution in [0, 0.1) is 6.92 Å². The van der Waals surface area contributed by atoms with Crippen LogP contribution < -0.4 is 5.32 Å². The number of hydrogen-bond donors (Lipinski definition) is 1. The zero-order valence-corrected chi connectivity index (χ0v) is 10.8. The maximum absolute atomic E-state index is 5.88. The maximum atomic E-state index is 5.88. The van der Waals surface area contributed by atoms with Gasteiger partial charge in [0.2, 0.25) is 0 Å². The molecule has 1 saturated heterocycles. The van der Waals surface area contributed by atoms with E-state index >= 15 is 0 Å². The van der Waals surface area contributed by atoms with Gasteiger partial charge in [0, 0.05) is 30.6 Å². The summed E-state index contributed by atoms with van der Waals surface area (Å²) in [5, 5.41) is 3.59. The summed E-state index contributed by atoms with van der Waals surface area (Å²) in [6.07, 6.45) is 7.37. The molecule has 1 aliphatic rings. The molecule has 2 rings (SSSR count). The van der Waals surface area contributed by atoms with Gasteiger partial charge in [-0.05, 0) is 44.4 Å². The summed E-state index contributed by atoms with van der Waals surface area (Å²) in [4.78, 5) is 4.21. The molecule has 2 atom stereocenters. The summed E-state index contributed by atoms with van der Waals surface area (Å²) in [6, 6.07) is 2.65. The largest absolute Gasteiger partial charge is 0.373 e. The Kier molecular flexibility index (Phi) is 4.51. The molecular formula is C14H22N2O. The number of rotatable bonds is 4. The SMILES string of the molecule is CCCNC1CCOC(c2cnccc2C)C1. The summed E-state index contributed by atoms with van der Waals surface area (Å²) in [7, 11) is 0. The minimum absolute atomic E-state index is 0.215. The molecule has 0 amide bonds. The Bertz CT molecular complexity index is 354. The lowest BCUT2D eigenvalue weighted by atomic mass is 9.96. The van der Waals surface area contributed by atoms with Crippen molar-refractivity contribution in [3.8, 4) is 0 Å². The topological polar surface area (TPSA) is 34.1 Å². The van der Waals surface area contributed by atoms with Gasteiger partial charge in [0.1, 0.15) is 0 Å². The van der Waals surface area contributed by atoms with Gasteiger partial charge in [0.05, 0.1) is 6.10 Å². The zero-order valence-electron chi connectivity index (χ0n) is 10.8. The second kappa shape index (κ2) is 6.12. The van der Waals surface area contributed by atoms with E-state index < -0.39 is 0 Å². The van der Waals surface area contributed by atoms with Gasteiger partial charge in [-0.1, -0.05) is 6.92 Å². The second-order valence-electron chi connectivity index (χ2n) is 4.77. The molecule has 1 aromatic heterocycles. The molecule has 94 valence electrons. The van der Waals surface area contributed by atoms with Crippen molar-refractivity contribution >= 4 is 0 Å². The highest BCUT2D eigenvalue weighted by molar-refractivity contribution is 5.24. The van der Waals surface area contributed by atoms with E-state index in [4.69, 9.17) is 4.74 Å². The lowest BCUT2D eigenvalue weighted by molar-refractivity contribution is -0.000171. The van der Waals surface area contributed by atoms with Gasteiger partial charge in [-0.15, -0.1) is 0 Å². The highest BCUT2D eigenvalue weighted by Gasteiger charge is 2.24. The normalized spacial score (nSPS) is 24.8. The average Bonchev–Trinajstić information content (AvgIpc) is 2.37. The van der Waals surface area contributed by atoms with Gasteiger partial charge >= 0.3 is 0 Å². The summed E-state index contributed by atoms with van der Waals surface area (Å²) in [5.41, 5.74) is 2.52. The Morgan fingerprint density at radius 2 is 2.41 bits per heavy atom. The summed E-state index contributed by atoms with van der Waals surface area (Å²) < 4.78 is 5.88. The van der Waals surface area contributed by atoms with Crippen LogP contribution in [0.25, 0.3) is 0 Å². The zero-order chi connectivity index (χ0) is 12.1. The second-order valence-corrected chi connectivity index (χ2v) is 4.77. The minimum atomic E-state index is 0.215. The fourth-order valence-electron chi connectivity index (χ4n) is 2.36. The van der Waals surface area contributed by atoms with E-state index in [1.54, 1.807) is 0 Å². The first-order valence-electron chi connectivity index (χ1n) is 6.56. The molecule has 17 heavy (non-hydrogen) atoms. The highest BCUT2D eigenvalue weighted by atomic mass is 16.5. The van der Waals surface area contributed by atoms with Crippen molar-refractivity contribution in [2.45, 2.75) is 45.3 Å². The predicted molar refractivity (Wildman–Crippen MR) is 69.0 cm³/mol. The van der Waals surface area contributed by atoms with Crippen LogP contribution in [-0.4, -0.2) is 24.2 Å². The van der Waals surface area contributed by atoms with Crippen LogP contribution in [0.1, 0.15) is 43.4 Å². The number of nitrogens with one attached hydrogen (secondary N) is 1. The third-order valence-electron chi connectivity index (χ3n) is 3.39. The average molecular weight is 234 g/mol. The van der Waals surface area contributed by atoms with E-state index in [2.05, 4.69) is 30.2 Å². The predicted octanol–water partition coefficient (Wildman–Crippen LogP) is 2.61. The fraction of sp³-hybridized carbons (Fsp3) is 0.643. The smallest absolute Gasteiger partial charge is 0.0857 e. The molecule has 0 aliphatic carbocycles. The van der Waals surface area contributed by atoms with Crippen molar-refractivity contribution < 1.29 is 4.74 Å². The lowest BCUT2D eigenvalue weighted by Gasteiger charge is -2.31. The summed E-state index contributed by atoms with van der Waals surface area (Å²) in [6.45, 7) is 6.28. The Balaban J connectivity index is 1.99. The number of pyridine rings is 1. The van der Waals surface area contributed by atoms with Crippen molar-refractivity contribution in [2.75, 3.05) is 13.2 Å². The van der Waals surface area contributed by atoms with Gasteiger partial charge in [-0.25, -0.2) is 0 Å². The Labute approximate surface area is 104 Å². The monoisotopic (exact) mass is 234 g/mol. The maximum Gasteiger partial charge on any atom is 0.0857 e. The quantitative estimate of drug-likeness (QED) is 0.869. The number of ether oxygens (including phenoxy) is 1. The molecule has 1 aromatic rings. The van der Waals surface area contributed by atoms with E-state index in [9.17, 15) is 0 Å². The molecular weight excluding hydrogens is 212 g/mol. The number of aromatic nitrogens is 1. The first-order chi connectivity index (χ1) is 8.31. The molecule has 1 aliphatic heterocycles. The van der Waals surface area contributed by atoms with Crippen molar-refractivity contribution in [2.24, 2.45) is 0 Å². The van der Waals surface area contributed by atoms with Crippen LogP contribution in [0.4, 0.5) is 0 Å². The van der Waals surface area contributed by atoms with E-state index in [-0.39, 0.29) is 6.10 Å². The van der Waals surface area contributed by atoms with Crippen LogP contribution in [0.3, 0.4) is 0 Å². The number of nitrogens with zero attached hydrogens (tertiary/aromatic N) is 1. The number of aryl methyl sites for hydroxylation is 1. The standard InChI is InChI=1S/C14H22N2O/c1-3-6-16-12-5-8-17-14(9-12)13-10-15-7-4-11(13)2/h4,7,10,12,14,16H,3,5-6,8-9H2,1-2H3. The summed E-state index contributed by atoms with van der Waals surface area (Å²) in [5.74, 6) is 0. The molecule has 0 bridgehead atoms.